The summed E-state index contributed by atoms with van der Waals surface area (Å²) >= 11 is 0. The molecule has 1 heterocycles. The zero-order valence-electron chi connectivity index (χ0n) is 11.2. The third-order valence-electron chi connectivity index (χ3n) is 3.20. The second kappa shape index (κ2) is 5.09. The third kappa shape index (κ3) is 3.74. The highest BCUT2D eigenvalue weighted by Crippen LogP contribution is 2.25. The number of hydrogen-bond donors (Lipinski definition) is 2. The van der Waals surface area contributed by atoms with Crippen molar-refractivity contribution >= 4 is 5.69 Å². The molecule has 2 nitrogen and oxygen atoms in total. The molecule has 1 aliphatic heterocycles. The van der Waals surface area contributed by atoms with Crippen LogP contribution in [0.4, 0.5) is 5.69 Å². The van der Waals surface area contributed by atoms with Crippen molar-refractivity contribution in [1.82, 2.24) is 5.32 Å². The van der Waals surface area contributed by atoms with Crippen LogP contribution >= 0.6 is 0 Å². The summed E-state index contributed by atoms with van der Waals surface area (Å²) in [7, 11) is 0. The first kappa shape index (κ1) is 12.4. The first-order valence-electron chi connectivity index (χ1n) is 6.63. The Kier molecular flexibility index (Phi) is 3.72. The molecule has 1 unspecified atom stereocenters. The van der Waals surface area contributed by atoms with Crippen LogP contribution in [-0.4, -0.2) is 18.6 Å². The van der Waals surface area contributed by atoms with Gasteiger partial charge in [-0.05, 0) is 63.8 Å². The second-order valence-electron chi connectivity index (χ2n) is 6.04. The van der Waals surface area contributed by atoms with Crippen LogP contribution in [0.25, 0.3) is 0 Å². The van der Waals surface area contributed by atoms with Gasteiger partial charge in [-0.3, -0.25) is 0 Å². The minimum atomic E-state index is 0.133. The van der Waals surface area contributed by atoms with E-state index in [1.54, 1.807) is 0 Å². The van der Waals surface area contributed by atoms with Gasteiger partial charge in [0.1, 0.15) is 0 Å². The van der Waals surface area contributed by atoms with Crippen molar-refractivity contribution in [1.29, 1.82) is 0 Å². The fraction of sp³-hybridized carbons (Fsp3) is 0.600. The lowest BCUT2D eigenvalue weighted by Crippen LogP contribution is -2.28. The Hall–Kier alpha value is -1.02. The van der Waals surface area contributed by atoms with Crippen LogP contribution < -0.4 is 10.6 Å². The summed E-state index contributed by atoms with van der Waals surface area (Å²) in [5, 5.41) is 6.97. The van der Waals surface area contributed by atoms with Gasteiger partial charge >= 0.3 is 0 Å². The molecule has 0 radical (unpaired) electrons. The molecule has 2 N–H and O–H groups in total. The van der Waals surface area contributed by atoms with Crippen molar-refractivity contribution < 1.29 is 0 Å². The molecule has 0 saturated carbocycles. The van der Waals surface area contributed by atoms with E-state index in [0.29, 0.717) is 5.92 Å². The zero-order chi connectivity index (χ0) is 12.3. The maximum absolute atomic E-state index is 3.50. The second-order valence-corrected chi connectivity index (χ2v) is 6.04. The van der Waals surface area contributed by atoms with Crippen LogP contribution in [0, 0.1) is 0 Å². The molecule has 1 fully saturated rings. The number of anilines is 1. The third-order valence-corrected chi connectivity index (χ3v) is 3.20. The highest BCUT2D eigenvalue weighted by Gasteiger charge is 2.15. The van der Waals surface area contributed by atoms with Crippen LogP contribution in [0.5, 0.6) is 0 Å². The van der Waals surface area contributed by atoms with E-state index in [1.807, 2.05) is 0 Å². The maximum Gasteiger partial charge on any atom is 0.0344 e. The highest BCUT2D eigenvalue weighted by molar-refractivity contribution is 5.47. The molecule has 1 saturated heterocycles. The predicted octanol–water partition coefficient (Wildman–Crippen LogP) is 3.36. The number of hydrogen-bond acceptors (Lipinski definition) is 2. The molecule has 1 aromatic carbocycles. The van der Waals surface area contributed by atoms with Gasteiger partial charge in [-0.1, -0.05) is 12.1 Å². The molecule has 1 atom stereocenters. The minimum absolute atomic E-state index is 0.133. The largest absolute Gasteiger partial charge is 0.380 e. The topological polar surface area (TPSA) is 24.1 Å². The number of benzene rings is 1. The van der Waals surface area contributed by atoms with Gasteiger partial charge in [0.05, 0.1) is 0 Å². The lowest BCUT2D eigenvalue weighted by atomic mass is 9.91. The standard InChI is InChI=1S/C15H24N2/c1-15(2,3)17-14-8-6-12(7-9-14)13-5-4-10-16-11-13/h6-9,13,16-17H,4-5,10-11H2,1-3H3. The average Bonchev–Trinajstić information content (AvgIpc) is 2.29. The Morgan fingerprint density at radius 1 is 1.18 bits per heavy atom. The number of rotatable bonds is 2. The summed E-state index contributed by atoms with van der Waals surface area (Å²) in [6, 6.07) is 8.95. The number of nitrogens with one attached hydrogen (secondary N) is 2. The fourth-order valence-electron chi connectivity index (χ4n) is 2.41. The SMILES string of the molecule is CC(C)(C)Nc1ccc(C2CCCNC2)cc1. The molecule has 94 valence electrons. The molecule has 0 aliphatic carbocycles. The lowest BCUT2D eigenvalue weighted by Gasteiger charge is -2.25. The van der Waals surface area contributed by atoms with E-state index in [9.17, 15) is 0 Å². The molecule has 17 heavy (non-hydrogen) atoms. The molecule has 0 bridgehead atoms. The van der Waals surface area contributed by atoms with Crippen molar-refractivity contribution in [3.8, 4) is 0 Å². The van der Waals surface area contributed by atoms with Crippen molar-refractivity contribution in [2.24, 2.45) is 0 Å². The Morgan fingerprint density at radius 2 is 1.88 bits per heavy atom. The van der Waals surface area contributed by atoms with E-state index in [1.165, 1.54) is 30.6 Å². The van der Waals surface area contributed by atoms with E-state index in [0.717, 1.165) is 6.54 Å². The van der Waals surface area contributed by atoms with Gasteiger partial charge in [-0.15, -0.1) is 0 Å². The van der Waals surface area contributed by atoms with Gasteiger partial charge in [0.25, 0.3) is 0 Å². The first-order chi connectivity index (χ1) is 8.04. The summed E-state index contributed by atoms with van der Waals surface area (Å²) in [5.41, 5.74) is 2.81. The van der Waals surface area contributed by atoms with E-state index in [2.05, 4.69) is 55.7 Å². The molecule has 1 aromatic rings. The van der Waals surface area contributed by atoms with Crippen molar-refractivity contribution in [2.45, 2.75) is 45.1 Å². The Labute approximate surface area is 105 Å². The van der Waals surface area contributed by atoms with Gasteiger partial charge in [-0.2, -0.15) is 0 Å². The van der Waals surface area contributed by atoms with E-state index < -0.39 is 0 Å². The van der Waals surface area contributed by atoms with Gasteiger partial charge in [0.2, 0.25) is 0 Å². The Balaban J connectivity index is 2.02. The lowest BCUT2D eigenvalue weighted by molar-refractivity contribution is 0.461. The molecular formula is C15H24N2. The normalized spacial score (nSPS) is 21.2. The maximum atomic E-state index is 3.50. The molecule has 2 heteroatoms. The minimum Gasteiger partial charge on any atom is -0.380 e. The van der Waals surface area contributed by atoms with Crippen molar-refractivity contribution in [2.75, 3.05) is 18.4 Å². The van der Waals surface area contributed by atoms with Gasteiger partial charge in [0.15, 0.2) is 0 Å². The van der Waals surface area contributed by atoms with E-state index >= 15 is 0 Å². The van der Waals surface area contributed by atoms with Crippen molar-refractivity contribution in [3.05, 3.63) is 29.8 Å². The van der Waals surface area contributed by atoms with Crippen LogP contribution in [0.15, 0.2) is 24.3 Å². The monoisotopic (exact) mass is 232 g/mol. The quantitative estimate of drug-likeness (QED) is 0.817. The molecule has 1 aliphatic rings. The predicted molar refractivity (Wildman–Crippen MR) is 74.7 cm³/mol. The Morgan fingerprint density at radius 3 is 2.41 bits per heavy atom. The van der Waals surface area contributed by atoms with Gasteiger partial charge in [0, 0.05) is 17.8 Å². The zero-order valence-corrected chi connectivity index (χ0v) is 11.2. The first-order valence-corrected chi connectivity index (χ1v) is 6.63. The van der Waals surface area contributed by atoms with Gasteiger partial charge in [-0.25, -0.2) is 0 Å². The highest BCUT2D eigenvalue weighted by atomic mass is 14.9. The van der Waals surface area contributed by atoms with Crippen LogP contribution in [0.3, 0.4) is 0 Å². The average molecular weight is 232 g/mol. The molecule has 0 amide bonds. The summed E-state index contributed by atoms with van der Waals surface area (Å²) in [4.78, 5) is 0. The molecular weight excluding hydrogens is 208 g/mol. The van der Waals surface area contributed by atoms with E-state index in [4.69, 9.17) is 0 Å². The van der Waals surface area contributed by atoms with Crippen LogP contribution in [-0.2, 0) is 0 Å². The van der Waals surface area contributed by atoms with Crippen LogP contribution in [0.1, 0.15) is 45.1 Å². The number of piperidine rings is 1. The summed E-state index contributed by atoms with van der Waals surface area (Å²) in [6.45, 7) is 8.87. The summed E-state index contributed by atoms with van der Waals surface area (Å²) in [6.07, 6.45) is 2.62. The van der Waals surface area contributed by atoms with Gasteiger partial charge < -0.3 is 10.6 Å². The van der Waals surface area contributed by atoms with Crippen LogP contribution in [0.2, 0.25) is 0 Å². The summed E-state index contributed by atoms with van der Waals surface area (Å²) in [5.74, 6) is 0.701. The van der Waals surface area contributed by atoms with E-state index in [-0.39, 0.29) is 5.54 Å². The molecule has 2 rings (SSSR count). The molecule has 0 spiro atoms. The smallest absolute Gasteiger partial charge is 0.0344 e. The fourth-order valence-corrected chi connectivity index (χ4v) is 2.41. The van der Waals surface area contributed by atoms with Crippen molar-refractivity contribution in [3.63, 3.8) is 0 Å². The summed E-state index contributed by atoms with van der Waals surface area (Å²) < 4.78 is 0. The Bertz CT molecular complexity index is 342. The molecule has 0 aromatic heterocycles.